The molecule has 1 aromatic heterocycles. The number of rotatable bonds is 4. The molecule has 28 heavy (non-hydrogen) atoms. The number of aryl methyl sites for hydroxylation is 1. The number of carbonyl (C=O) groups is 2. The molecule has 2 N–H and O–H groups in total. The minimum absolute atomic E-state index is 0.0223. The van der Waals surface area contributed by atoms with Crippen molar-refractivity contribution in [3.63, 3.8) is 0 Å². The van der Waals surface area contributed by atoms with E-state index in [1.807, 2.05) is 49.4 Å². The van der Waals surface area contributed by atoms with Gasteiger partial charge in [0.25, 0.3) is 0 Å². The highest BCUT2D eigenvalue weighted by molar-refractivity contribution is 7.22. The summed E-state index contributed by atoms with van der Waals surface area (Å²) < 4.78 is 6.17. The second-order valence-corrected chi connectivity index (χ2v) is 7.72. The van der Waals surface area contributed by atoms with Crippen LogP contribution in [0.1, 0.15) is 12.0 Å². The van der Waals surface area contributed by atoms with Crippen LogP contribution in [-0.2, 0) is 4.79 Å². The summed E-state index contributed by atoms with van der Waals surface area (Å²) in [7, 11) is 1.60. The first-order chi connectivity index (χ1) is 13.5. The highest BCUT2D eigenvalue weighted by atomic mass is 32.1. The fraction of sp³-hybridized carbons (Fsp3) is 0.250. The van der Waals surface area contributed by atoms with E-state index in [4.69, 9.17) is 4.74 Å². The van der Waals surface area contributed by atoms with Gasteiger partial charge in [0.05, 0.1) is 23.4 Å². The van der Waals surface area contributed by atoms with E-state index in [2.05, 4.69) is 15.6 Å². The maximum atomic E-state index is 12.3. The summed E-state index contributed by atoms with van der Waals surface area (Å²) in [6.07, 6.45) is 0.262. The van der Waals surface area contributed by atoms with Gasteiger partial charge in [-0.25, -0.2) is 9.78 Å². The summed E-state index contributed by atoms with van der Waals surface area (Å²) in [4.78, 5) is 30.8. The van der Waals surface area contributed by atoms with Gasteiger partial charge in [-0.1, -0.05) is 17.4 Å². The van der Waals surface area contributed by atoms with Crippen LogP contribution in [0.5, 0.6) is 5.75 Å². The molecule has 1 aliphatic heterocycles. The molecule has 1 unspecified atom stereocenters. The molecule has 0 radical (unpaired) electrons. The van der Waals surface area contributed by atoms with Crippen LogP contribution in [0.25, 0.3) is 10.2 Å². The Morgan fingerprint density at radius 2 is 2.04 bits per heavy atom. The highest BCUT2D eigenvalue weighted by Gasteiger charge is 2.31. The van der Waals surface area contributed by atoms with E-state index in [-0.39, 0.29) is 24.4 Å². The number of thiazole rings is 1. The molecule has 3 aromatic rings. The van der Waals surface area contributed by atoms with Gasteiger partial charge in [-0.2, -0.15) is 0 Å². The van der Waals surface area contributed by atoms with Crippen LogP contribution in [0.15, 0.2) is 42.5 Å². The Hall–Kier alpha value is -3.13. The number of hydrogen-bond donors (Lipinski definition) is 2. The van der Waals surface area contributed by atoms with Crippen molar-refractivity contribution in [3.05, 3.63) is 48.0 Å². The third kappa shape index (κ3) is 3.77. The topological polar surface area (TPSA) is 83.6 Å². The fourth-order valence-electron chi connectivity index (χ4n) is 3.22. The lowest BCUT2D eigenvalue weighted by Gasteiger charge is -2.17. The highest BCUT2D eigenvalue weighted by Crippen LogP contribution is 2.27. The van der Waals surface area contributed by atoms with Crippen LogP contribution in [0.2, 0.25) is 0 Å². The van der Waals surface area contributed by atoms with Crippen LogP contribution >= 0.6 is 11.3 Å². The minimum atomic E-state index is -0.356. The zero-order chi connectivity index (χ0) is 19.7. The van der Waals surface area contributed by atoms with Crippen molar-refractivity contribution in [2.45, 2.75) is 19.4 Å². The third-order valence-electron chi connectivity index (χ3n) is 4.61. The molecule has 4 rings (SSSR count). The standard InChI is InChI=1S/C20H20N4O3S/c1-12-3-8-16-17(9-12)28-20(22-16)23-19(26)21-13-10-18(25)24(11-13)14-4-6-15(27-2)7-5-14/h3-9,13H,10-11H2,1-2H3,(H2,21,22,23,26). The van der Waals surface area contributed by atoms with Crippen molar-refractivity contribution >= 4 is 44.3 Å². The van der Waals surface area contributed by atoms with E-state index in [1.54, 1.807) is 12.0 Å². The Kier molecular flexibility index (Phi) is 4.87. The number of benzene rings is 2. The van der Waals surface area contributed by atoms with Gasteiger partial charge in [0.15, 0.2) is 5.13 Å². The van der Waals surface area contributed by atoms with Crippen molar-refractivity contribution in [1.29, 1.82) is 0 Å². The summed E-state index contributed by atoms with van der Waals surface area (Å²) in [5.41, 5.74) is 2.79. The molecule has 1 saturated heterocycles. The van der Waals surface area contributed by atoms with Gasteiger partial charge in [0.1, 0.15) is 5.75 Å². The number of ether oxygens (including phenoxy) is 1. The monoisotopic (exact) mass is 396 g/mol. The Morgan fingerprint density at radius 3 is 2.79 bits per heavy atom. The second-order valence-electron chi connectivity index (χ2n) is 6.69. The Labute approximate surface area is 166 Å². The molecule has 1 aliphatic rings. The minimum Gasteiger partial charge on any atom is -0.497 e. The number of hydrogen-bond acceptors (Lipinski definition) is 5. The zero-order valence-electron chi connectivity index (χ0n) is 15.6. The molecule has 2 heterocycles. The quantitative estimate of drug-likeness (QED) is 0.707. The van der Waals surface area contributed by atoms with Gasteiger partial charge in [-0.05, 0) is 48.9 Å². The number of anilines is 2. The van der Waals surface area contributed by atoms with Gasteiger partial charge >= 0.3 is 6.03 Å². The maximum Gasteiger partial charge on any atom is 0.321 e. The molecule has 1 fully saturated rings. The number of urea groups is 1. The largest absolute Gasteiger partial charge is 0.497 e. The average molecular weight is 396 g/mol. The lowest BCUT2D eigenvalue weighted by molar-refractivity contribution is -0.117. The molecule has 0 saturated carbocycles. The van der Waals surface area contributed by atoms with Gasteiger partial charge in [0, 0.05) is 18.7 Å². The maximum absolute atomic E-state index is 12.3. The van der Waals surface area contributed by atoms with E-state index >= 15 is 0 Å². The smallest absolute Gasteiger partial charge is 0.321 e. The summed E-state index contributed by atoms with van der Waals surface area (Å²) in [5, 5.41) is 6.17. The molecule has 2 aromatic carbocycles. The Morgan fingerprint density at radius 1 is 1.25 bits per heavy atom. The van der Waals surface area contributed by atoms with Gasteiger partial charge < -0.3 is 15.0 Å². The Balaban J connectivity index is 1.38. The fourth-order valence-corrected chi connectivity index (χ4v) is 4.18. The van der Waals surface area contributed by atoms with Gasteiger partial charge in [0.2, 0.25) is 5.91 Å². The molecule has 144 valence electrons. The molecule has 7 nitrogen and oxygen atoms in total. The van der Waals surface area contributed by atoms with Crippen molar-refractivity contribution < 1.29 is 14.3 Å². The van der Waals surface area contributed by atoms with Crippen LogP contribution in [0, 0.1) is 6.92 Å². The Bertz CT molecular complexity index is 1030. The van der Waals surface area contributed by atoms with Crippen molar-refractivity contribution in [2.75, 3.05) is 23.9 Å². The first-order valence-electron chi connectivity index (χ1n) is 8.91. The number of nitrogens with one attached hydrogen (secondary N) is 2. The average Bonchev–Trinajstić information content (AvgIpc) is 3.23. The third-order valence-corrected chi connectivity index (χ3v) is 5.54. The molecule has 0 spiro atoms. The van der Waals surface area contributed by atoms with E-state index < -0.39 is 0 Å². The van der Waals surface area contributed by atoms with E-state index in [9.17, 15) is 9.59 Å². The summed E-state index contributed by atoms with van der Waals surface area (Å²) in [5.74, 6) is 0.710. The molecule has 8 heteroatoms. The van der Waals surface area contributed by atoms with Gasteiger partial charge in [-0.3, -0.25) is 10.1 Å². The van der Waals surface area contributed by atoms with Crippen LogP contribution < -0.4 is 20.3 Å². The van der Waals surface area contributed by atoms with Crippen LogP contribution in [0.4, 0.5) is 15.6 Å². The second kappa shape index (κ2) is 7.47. The first-order valence-corrected chi connectivity index (χ1v) is 9.72. The van der Waals surface area contributed by atoms with Crippen molar-refractivity contribution in [2.24, 2.45) is 0 Å². The van der Waals surface area contributed by atoms with E-state index in [1.165, 1.54) is 11.3 Å². The summed E-state index contributed by atoms with van der Waals surface area (Å²) in [6.45, 7) is 2.45. The molecular formula is C20H20N4O3S. The summed E-state index contributed by atoms with van der Waals surface area (Å²) in [6, 6.07) is 12.6. The van der Waals surface area contributed by atoms with E-state index in [0.717, 1.165) is 27.2 Å². The number of amides is 3. The summed E-state index contributed by atoms with van der Waals surface area (Å²) >= 11 is 1.43. The lowest BCUT2D eigenvalue weighted by atomic mass is 10.2. The molecule has 3 amide bonds. The number of methoxy groups -OCH3 is 1. The van der Waals surface area contributed by atoms with Crippen LogP contribution in [-0.4, -0.2) is 36.6 Å². The van der Waals surface area contributed by atoms with E-state index in [0.29, 0.717) is 11.7 Å². The normalized spacial score (nSPS) is 16.4. The number of fused-ring (bicyclic) bond motifs is 1. The molecule has 1 atom stereocenters. The number of carbonyl (C=O) groups excluding carboxylic acids is 2. The zero-order valence-corrected chi connectivity index (χ0v) is 16.4. The van der Waals surface area contributed by atoms with Crippen LogP contribution in [0.3, 0.4) is 0 Å². The van der Waals surface area contributed by atoms with Gasteiger partial charge in [-0.15, -0.1) is 0 Å². The SMILES string of the molecule is COc1ccc(N2CC(NC(=O)Nc3nc4ccc(C)cc4s3)CC2=O)cc1. The lowest BCUT2D eigenvalue weighted by Crippen LogP contribution is -2.39. The number of aromatic nitrogens is 1. The molecular weight excluding hydrogens is 376 g/mol. The molecule has 0 aliphatic carbocycles. The van der Waals surface area contributed by atoms with Crippen molar-refractivity contribution in [3.8, 4) is 5.75 Å². The molecule has 0 bridgehead atoms. The first kappa shape index (κ1) is 18.2. The van der Waals surface area contributed by atoms with Crippen molar-refractivity contribution in [1.82, 2.24) is 10.3 Å². The predicted molar refractivity (Wildman–Crippen MR) is 110 cm³/mol. The number of nitrogens with zero attached hydrogens (tertiary/aromatic N) is 2. The predicted octanol–water partition coefficient (Wildman–Crippen LogP) is 3.54.